The number of nitrogens with zero attached hydrogens (tertiary/aromatic N) is 2. The molecule has 0 aliphatic heterocycles. The summed E-state index contributed by atoms with van der Waals surface area (Å²) in [7, 11) is 1.61. The molecule has 0 aliphatic carbocycles. The van der Waals surface area contributed by atoms with E-state index in [2.05, 4.69) is 34.0 Å². The maximum absolute atomic E-state index is 12.0. The molecule has 7 heteroatoms. The van der Waals surface area contributed by atoms with Crippen LogP contribution in [0, 0.1) is 0 Å². The van der Waals surface area contributed by atoms with E-state index in [0.29, 0.717) is 12.3 Å². The van der Waals surface area contributed by atoms with Gasteiger partial charge >= 0.3 is 0 Å². The van der Waals surface area contributed by atoms with Crippen molar-refractivity contribution < 1.29 is 9.53 Å². The molecule has 0 saturated heterocycles. The molecule has 1 amide bonds. The number of nitrogens with two attached hydrogens (primary N) is 1. The molecular weight excluding hydrogens is 306 g/mol. The average molecular weight is 331 g/mol. The highest BCUT2D eigenvalue weighted by Gasteiger charge is 2.10. The average Bonchev–Trinajstić information content (AvgIpc) is 3.02. The molecule has 2 rings (SSSR count). The van der Waals surface area contributed by atoms with Crippen LogP contribution in [0.4, 0.5) is 0 Å². The topological polar surface area (TPSA) is 95.7 Å². The number of carbonyl (C=O) groups is 1. The first-order valence-corrected chi connectivity index (χ1v) is 8.11. The van der Waals surface area contributed by atoms with Gasteiger partial charge in [-0.25, -0.2) is 0 Å². The van der Waals surface area contributed by atoms with Crippen molar-refractivity contribution in [3.05, 3.63) is 30.0 Å². The number of H-pyrrole nitrogens is 1. The van der Waals surface area contributed by atoms with Gasteiger partial charge in [0.05, 0.1) is 0 Å². The van der Waals surface area contributed by atoms with Crippen LogP contribution in [0.15, 0.2) is 29.3 Å². The molecule has 1 aromatic carbocycles. The Kier molecular flexibility index (Phi) is 6.20. The predicted octanol–water partition coefficient (Wildman–Crippen LogP) is 1.56. The monoisotopic (exact) mass is 331 g/mol. The Hall–Kier alpha value is -2.54. The van der Waals surface area contributed by atoms with Crippen molar-refractivity contribution in [3.63, 3.8) is 0 Å². The van der Waals surface area contributed by atoms with Gasteiger partial charge in [0.15, 0.2) is 5.96 Å². The van der Waals surface area contributed by atoms with E-state index in [9.17, 15) is 4.79 Å². The van der Waals surface area contributed by atoms with Gasteiger partial charge in [0.2, 0.25) is 0 Å². The lowest BCUT2D eigenvalue weighted by Crippen LogP contribution is -2.28. The zero-order valence-electron chi connectivity index (χ0n) is 14.4. The van der Waals surface area contributed by atoms with Gasteiger partial charge in [-0.3, -0.25) is 4.79 Å². The van der Waals surface area contributed by atoms with Crippen molar-refractivity contribution in [2.45, 2.75) is 13.8 Å². The maximum Gasteiger partial charge on any atom is 0.296 e. The molecule has 0 radical (unpaired) electrons. The zero-order chi connectivity index (χ0) is 17.5. The van der Waals surface area contributed by atoms with E-state index in [1.54, 1.807) is 13.1 Å². The molecule has 4 N–H and O–H groups in total. The second-order valence-corrected chi connectivity index (χ2v) is 5.36. The Balaban J connectivity index is 2.07. The Morgan fingerprint density at radius 2 is 2.08 bits per heavy atom. The summed E-state index contributed by atoms with van der Waals surface area (Å²) in [6.07, 6.45) is 0. The number of guanidine groups is 1. The lowest BCUT2D eigenvalue weighted by atomic mass is 10.2. The summed E-state index contributed by atoms with van der Waals surface area (Å²) < 4.78 is 5.80. The first-order valence-electron chi connectivity index (χ1n) is 8.11. The Labute approximate surface area is 141 Å². The van der Waals surface area contributed by atoms with Gasteiger partial charge < -0.3 is 25.7 Å². The summed E-state index contributed by atoms with van der Waals surface area (Å²) in [5.74, 6) is 0.440. The van der Waals surface area contributed by atoms with E-state index in [1.165, 1.54) is 0 Å². The predicted molar refractivity (Wildman–Crippen MR) is 96.6 cm³/mol. The van der Waals surface area contributed by atoms with Crippen LogP contribution in [0.5, 0.6) is 5.75 Å². The van der Waals surface area contributed by atoms with Crippen LogP contribution in [0.1, 0.15) is 24.3 Å². The smallest absolute Gasteiger partial charge is 0.296 e. The molecule has 0 saturated carbocycles. The fourth-order valence-electron chi connectivity index (χ4n) is 2.37. The minimum absolute atomic E-state index is 0.0825. The van der Waals surface area contributed by atoms with E-state index in [4.69, 9.17) is 10.5 Å². The molecule has 0 atom stereocenters. The number of fused-ring (bicyclic) bond motifs is 1. The van der Waals surface area contributed by atoms with Crippen molar-refractivity contribution in [1.29, 1.82) is 0 Å². The number of amides is 1. The molecular formula is C17H25N5O2. The van der Waals surface area contributed by atoms with Gasteiger partial charge in [0.25, 0.3) is 5.91 Å². The Bertz CT molecular complexity index is 719. The third-order valence-electron chi connectivity index (χ3n) is 3.87. The molecule has 1 aromatic heterocycles. The maximum atomic E-state index is 12.0. The van der Waals surface area contributed by atoms with Gasteiger partial charge in [-0.2, -0.15) is 4.99 Å². The zero-order valence-corrected chi connectivity index (χ0v) is 14.4. The fourth-order valence-corrected chi connectivity index (χ4v) is 2.37. The van der Waals surface area contributed by atoms with Gasteiger partial charge in [-0.15, -0.1) is 0 Å². The fraction of sp³-hybridized carbons (Fsp3) is 0.412. The quantitative estimate of drug-likeness (QED) is 0.529. The summed E-state index contributed by atoms with van der Waals surface area (Å²) in [6.45, 7) is 7.81. The van der Waals surface area contributed by atoms with E-state index in [0.717, 1.165) is 36.3 Å². The Morgan fingerprint density at radius 3 is 2.75 bits per heavy atom. The standard InChI is InChI=1S/C17H25N5O2/c1-4-22(5-2)8-9-24-13-7-6-12-10-15(20-14(12)11-13)16(23)21-17(18)19-3/h6-7,10-11,20H,4-5,8-9H2,1-3H3,(H3,18,19,21,23). The van der Waals surface area contributed by atoms with Crippen LogP contribution in [0.25, 0.3) is 10.9 Å². The number of aliphatic imine (C=N–C) groups is 1. The number of hydrogen-bond donors (Lipinski definition) is 3. The lowest BCUT2D eigenvalue weighted by Gasteiger charge is -2.17. The molecule has 0 bridgehead atoms. The summed E-state index contributed by atoms with van der Waals surface area (Å²) in [4.78, 5) is 21.1. The second kappa shape index (κ2) is 8.35. The van der Waals surface area contributed by atoms with Crippen molar-refractivity contribution in [2.24, 2.45) is 10.7 Å². The molecule has 1 heterocycles. The third kappa shape index (κ3) is 4.48. The molecule has 0 spiro atoms. The van der Waals surface area contributed by atoms with Gasteiger partial charge in [0.1, 0.15) is 18.1 Å². The SMILES string of the molecule is CCN(CC)CCOc1ccc2cc(C(=O)N=C(N)NC)[nH]c2c1. The molecule has 0 aliphatic rings. The highest BCUT2D eigenvalue weighted by atomic mass is 16.5. The van der Waals surface area contributed by atoms with Crippen LogP contribution in [-0.4, -0.2) is 55.0 Å². The molecule has 7 nitrogen and oxygen atoms in total. The largest absolute Gasteiger partial charge is 0.492 e. The molecule has 2 aromatic rings. The number of rotatable bonds is 7. The molecule has 0 fully saturated rings. The molecule has 130 valence electrons. The lowest BCUT2D eigenvalue weighted by molar-refractivity contribution is 0.0998. The van der Waals surface area contributed by atoms with Crippen LogP contribution in [0.3, 0.4) is 0 Å². The highest BCUT2D eigenvalue weighted by Crippen LogP contribution is 2.22. The van der Waals surface area contributed by atoms with Gasteiger partial charge in [0, 0.05) is 30.6 Å². The second-order valence-electron chi connectivity index (χ2n) is 5.36. The highest BCUT2D eigenvalue weighted by molar-refractivity contribution is 6.04. The first kappa shape index (κ1) is 17.8. The number of benzene rings is 1. The van der Waals surface area contributed by atoms with E-state index >= 15 is 0 Å². The van der Waals surface area contributed by atoms with E-state index in [-0.39, 0.29) is 5.96 Å². The van der Waals surface area contributed by atoms with Crippen LogP contribution in [0.2, 0.25) is 0 Å². The van der Waals surface area contributed by atoms with Crippen LogP contribution >= 0.6 is 0 Å². The number of carbonyl (C=O) groups excluding carboxylic acids is 1. The molecule has 0 unspecified atom stereocenters. The number of likely N-dealkylation sites (N-methyl/N-ethyl adjacent to an activating group) is 1. The van der Waals surface area contributed by atoms with Crippen molar-refractivity contribution in [1.82, 2.24) is 15.2 Å². The van der Waals surface area contributed by atoms with E-state index in [1.807, 2.05) is 18.2 Å². The number of aromatic amines is 1. The van der Waals surface area contributed by atoms with Crippen LogP contribution in [-0.2, 0) is 0 Å². The van der Waals surface area contributed by atoms with Crippen LogP contribution < -0.4 is 15.8 Å². The Morgan fingerprint density at radius 1 is 1.33 bits per heavy atom. The minimum Gasteiger partial charge on any atom is -0.492 e. The first-order chi connectivity index (χ1) is 11.6. The van der Waals surface area contributed by atoms with Gasteiger partial charge in [-0.1, -0.05) is 13.8 Å². The number of ether oxygens (including phenoxy) is 1. The normalized spacial score (nSPS) is 11.9. The summed E-state index contributed by atoms with van der Waals surface area (Å²) in [5, 5.41) is 3.54. The summed E-state index contributed by atoms with van der Waals surface area (Å²) >= 11 is 0. The van der Waals surface area contributed by atoms with E-state index < -0.39 is 5.91 Å². The van der Waals surface area contributed by atoms with Crippen molar-refractivity contribution in [3.8, 4) is 5.75 Å². The van der Waals surface area contributed by atoms with Crippen molar-refractivity contribution in [2.75, 3.05) is 33.3 Å². The third-order valence-corrected chi connectivity index (χ3v) is 3.87. The molecule has 24 heavy (non-hydrogen) atoms. The van der Waals surface area contributed by atoms with Gasteiger partial charge in [-0.05, 0) is 31.3 Å². The number of aromatic nitrogens is 1. The number of nitrogens with one attached hydrogen (secondary N) is 2. The van der Waals surface area contributed by atoms with Crippen molar-refractivity contribution >= 4 is 22.8 Å². The minimum atomic E-state index is -0.415. The summed E-state index contributed by atoms with van der Waals surface area (Å²) in [6, 6.07) is 7.46. The number of hydrogen-bond acceptors (Lipinski definition) is 3. The summed E-state index contributed by atoms with van der Waals surface area (Å²) in [5.41, 5.74) is 6.73.